The number of anilines is 2. The second kappa shape index (κ2) is 8.42. The summed E-state index contributed by atoms with van der Waals surface area (Å²) in [6, 6.07) is 10.0. The molecule has 0 aliphatic carbocycles. The summed E-state index contributed by atoms with van der Waals surface area (Å²) in [5.74, 6) is -0.679. The van der Waals surface area contributed by atoms with Gasteiger partial charge in [0, 0.05) is 15.7 Å². The standard InChI is InChI=1S/C16H14IN3O5/c1-2-25-15(21)11-8-7-10(20(23)24)9-14(11)19-16(22)18-13-6-4-3-5-12(13)17/h3-9H,2H2,1H3,(H2,18,19,22). The van der Waals surface area contributed by atoms with E-state index in [0.29, 0.717) is 5.69 Å². The lowest BCUT2D eigenvalue weighted by Gasteiger charge is -2.12. The fourth-order valence-corrected chi connectivity index (χ4v) is 2.50. The van der Waals surface area contributed by atoms with Crippen LogP contribution in [-0.2, 0) is 4.74 Å². The average molecular weight is 455 g/mol. The minimum Gasteiger partial charge on any atom is -0.462 e. The van der Waals surface area contributed by atoms with E-state index in [1.165, 1.54) is 12.1 Å². The number of amides is 2. The number of carbonyl (C=O) groups is 2. The molecule has 2 aromatic rings. The largest absolute Gasteiger partial charge is 0.462 e. The molecule has 8 nitrogen and oxygen atoms in total. The number of para-hydroxylation sites is 1. The van der Waals surface area contributed by atoms with Crippen molar-refractivity contribution in [2.24, 2.45) is 0 Å². The van der Waals surface area contributed by atoms with Crippen molar-refractivity contribution in [2.45, 2.75) is 6.92 Å². The van der Waals surface area contributed by atoms with E-state index in [1.54, 1.807) is 19.1 Å². The summed E-state index contributed by atoms with van der Waals surface area (Å²) < 4.78 is 5.73. The van der Waals surface area contributed by atoms with Crippen molar-refractivity contribution in [3.05, 3.63) is 61.7 Å². The van der Waals surface area contributed by atoms with Crippen molar-refractivity contribution in [2.75, 3.05) is 17.2 Å². The van der Waals surface area contributed by atoms with Gasteiger partial charge in [-0.2, -0.15) is 0 Å². The van der Waals surface area contributed by atoms with Crippen LogP contribution in [0, 0.1) is 13.7 Å². The second-order valence-electron chi connectivity index (χ2n) is 4.77. The van der Waals surface area contributed by atoms with Gasteiger partial charge in [0.2, 0.25) is 0 Å². The first-order valence-electron chi connectivity index (χ1n) is 7.20. The van der Waals surface area contributed by atoms with Crippen molar-refractivity contribution in [3.8, 4) is 0 Å². The molecule has 0 saturated carbocycles. The highest BCUT2D eigenvalue weighted by Crippen LogP contribution is 2.24. The molecule has 0 aromatic heterocycles. The van der Waals surface area contributed by atoms with Gasteiger partial charge in [0.1, 0.15) is 0 Å². The van der Waals surface area contributed by atoms with Gasteiger partial charge in [-0.1, -0.05) is 12.1 Å². The Morgan fingerprint density at radius 2 is 1.84 bits per heavy atom. The fraction of sp³-hybridized carbons (Fsp3) is 0.125. The third-order valence-electron chi connectivity index (χ3n) is 3.08. The van der Waals surface area contributed by atoms with Crippen molar-refractivity contribution in [1.82, 2.24) is 0 Å². The van der Waals surface area contributed by atoms with Crippen molar-refractivity contribution < 1.29 is 19.2 Å². The molecule has 0 spiro atoms. The second-order valence-corrected chi connectivity index (χ2v) is 5.93. The number of esters is 1. The highest BCUT2D eigenvalue weighted by molar-refractivity contribution is 14.1. The molecule has 0 radical (unpaired) electrons. The lowest BCUT2D eigenvalue weighted by molar-refractivity contribution is -0.384. The third-order valence-corrected chi connectivity index (χ3v) is 4.02. The number of benzene rings is 2. The van der Waals surface area contributed by atoms with Crippen LogP contribution in [-0.4, -0.2) is 23.5 Å². The minimum atomic E-state index is -0.679. The summed E-state index contributed by atoms with van der Waals surface area (Å²) in [7, 11) is 0. The number of ether oxygens (including phenoxy) is 1. The first-order valence-corrected chi connectivity index (χ1v) is 8.28. The minimum absolute atomic E-state index is 0.00362. The molecule has 2 aromatic carbocycles. The number of rotatable bonds is 5. The zero-order valence-electron chi connectivity index (χ0n) is 13.1. The molecule has 0 bridgehead atoms. The van der Waals surface area contributed by atoms with Crippen LogP contribution >= 0.6 is 22.6 Å². The van der Waals surface area contributed by atoms with Crippen LogP contribution in [0.3, 0.4) is 0 Å². The van der Waals surface area contributed by atoms with Crippen LogP contribution in [0.2, 0.25) is 0 Å². The maximum absolute atomic E-state index is 12.2. The Labute approximate surface area is 156 Å². The number of hydrogen-bond acceptors (Lipinski definition) is 5. The topological polar surface area (TPSA) is 111 Å². The number of nitrogens with one attached hydrogen (secondary N) is 2. The molecule has 0 heterocycles. The van der Waals surface area contributed by atoms with Crippen LogP contribution < -0.4 is 10.6 Å². The number of urea groups is 1. The SMILES string of the molecule is CCOC(=O)c1ccc([N+](=O)[O-])cc1NC(=O)Nc1ccccc1I. The van der Waals surface area contributed by atoms with Crippen molar-refractivity contribution >= 4 is 51.7 Å². The predicted molar refractivity (Wildman–Crippen MR) is 101 cm³/mol. The molecule has 2 amide bonds. The van der Waals surface area contributed by atoms with Gasteiger partial charge in [-0.25, -0.2) is 9.59 Å². The zero-order chi connectivity index (χ0) is 18.4. The fourth-order valence-electron chi connectivity index (χ4n) is 1.97. The Hall–Kier alpha value is -2.69. The molecule has 0 saturated heterocycles. The summed E-state index contributed by atoms with van der Waals surface area (Å²) in [6.07, 6.45) is 0. The van der Waals surface area contributed by atoms with Crippen molar-refractivity contribution in [1.29, 1.82) is 0 Å². The Bertz CT molecular complexity index is 825. The van der Waals surface area contributed by atoms with Gasteiger partial charge in [0.25, 0.3) is 5.69 Å². The number of nitro groups is 1. The number of nitrogens with zero attached hydrogens (tertiary/aromatic N) is 1. The summed E-state index contributed by atoms with van der Waals surface area (Å²) in [6.45, 7) is 1.78. The normalized spacial score (nSPS) is 10.0. The highest BCUT2D eigenvalue weighted by atomic mass is 127. The third kappa shape index (κ3) is 4.89. The lowest BCUT2D eigenvalue weighted by atomic mass is 10.1. The number of non-ortho nitro benzene ring substituents is 1. The molecule has 2 N–H and O–H groups in total. The molecule has 0 aliphatic heterocycles. The molecular weight excluding hydrogens is 441 g/mol. The zero-order valence-corrected chi connectivity index (χ0v) is 15.3. The first-order chi connectivity index (χ1) is 11.9. The smallest absolute Gasteiger partial charge is 0.340 e. The van der Waals surface area contributed by atoms with Crippen LogP contribution in [0.4, 0.5) is 21.9 Å². The first kappa shape index (κ1) is 18.6. The van der Waals surface area contributed by atoms with E-state index in [2.05, 4.69) is 33.2 Å². The summed E-state index contributed by atoms with van der Waals surface area (Å²) >= 11 is 2.06. The van der Waals surface area contributed by atoms with Crippen LogP contribution in [0.25, 0.3) is 0 Å². The van der Waals surface area contributed by atoms with Crippen LogP contribution in [0.5, 0.6) is 0 Å². The number of nitro benzene ring substituents is 1. The summed E-state index contributed by atoms with van der Waals surface area (Å²) in [5.41, 5.74) is 0.350. The van der Waals surface area contributed by atoms with Crippen LogP contribution in [0.1, 0.15) is 17.3 Å². The van der Waals surface area contributed by atoms with Gasteiger partial charge >= 0.3 is 12.0 Å². The molecule has 0 atom stereocenters. The summed E-state index contributed by atoms with van der Waals surface area (Å²) in [5, 5.41) is 16.0. The molecular formula is C16H14IN3O5. The van der Waals surface area contributed by atoms with Crippen LogP contribution in [0.15, 0.2) is 42.5 Å². The van der Waals surface area contributed by atoms with E-state index in [0.717, 1.165) is 9.64 Å². The maximum atomic E-state index is 12.2. The van der Waals surface area contributed by atoms with E-state index in [9.17, 15) is 19.7 Å². The Kier molecular flexibility index (Phi) is 6.28. The van der Waals surface area contributed by atoms with E-state index in [1.807, 2.05) is 12.1 Å². The average Bonchev–Trinajstić information content (AvgIpc) is 2.57. The number of halogens is 1. The molecule has 0 unspecified atom stereocenters. The number of carbonyl (C=O) groups excluding carboxylic acids is 2. The maximum Gasteiger partial charge on any atom is 0.340 e. The molecule has 0 fully saturated rings. The van der Waals surface area contributed by atoms with E-state index in [-0.39, 0.29) is 23.5 Å². The van der Waals surface area contributed by atoms with Gasteiger partial charge in [-0.15, -0.1) is 0 Å². The van der Waals surface area contributed by atoms with Gasteiger partial charge in [-0.05, 0) is 47.7 Å². The highest BCUT2D eigenvalue weighted by Gasteiger charge is 2.19. The Morgan fingerprint density at radius 3 is 2.48 bits per heavy atom. The van der Waals surface area contributed by atoms with E-state index >= 15 is 0 Å². The predicted octanol–water partition coefficient (Wildman–Crippen LogP) is 4.02. The van der Waals surface area contributed by atoms with Gasteiger partial charge in [0.15, 0.2) is 0 Å². The Balaban J connectivity index is 2.27. The summed E-state index contributed by atoms with van der Waals surface area (Å²) in [4.78, 5) is 34.5. The lowest BCUT2D eigenvalue weighted by Crippen LogP contribution is -2.22. The van der Waals surface area contributed by atoms with Gasteiger partial charge < -0.3 is 15.4 Å². The molecule has 25 heavy (non-hydrogen) atoms. The Morgan fingerprint density at radius 1 is 1.16 bits per heavy atom. The quantitative estimate of drug-likeness (QED) is 0.306. The molecule has 2 rings (SSSR count). The van der Waals surface area contributed by atoms with E-state index in [4.69, 9.17) is 4.74 Å². The van der Waals surface area contributed by atoms with Gasteiger partial charge in [0.05, 0.1) is 28.5 Å². The van der Waals surface area contributed by atoms with E-state index < -0.39 is 16.9 Å². The number of hydrogen-bond donors (Lipinski definition) is 2. The molecule has 9 heteroatoms. The van der Waals surface area contributed by atoms with Gasteiger partial charge in [-0.3, -0.25) is 10.1 Å². The van der Waals surface area contributed by atoms with Crippen molar-refractivity contribution in [3.63, 3.8) is 0 Å². The molecule has 0 aliphatic rings. The molecule has 130 valence electrons. The monoisotopic (exact) mass is 455 g/mol.